The highest BCUT2D eigenvalue weighted by Crippen LogP contribution is 2.38. The summed E-state index contributed by atoms with van der Waals surface area (Å²) in [7, 11) is 4.38. The van der Waals surface area contributed by atoms with Gasteiger partial charge in [-0.15, -0.1) is 0 Å². The van der Waals surface area contributed by atoms with Gasteiger partial charge in [0.25, 0.3) is 0 Å². The molecule has 4 aliphatic heterocycles. The van der Waals surface area contributed by atoms with Crippen molar-refractivity contribution in [3.8, 4) is 11.5 Å². The third-order valence-electron chi connectivity index (χ3n) is 12.6. The van der Waals surface area contributed by atoms with Crippen molar-refractivity contribution in [1.29, 1.82) is 0 Å². The van der Waals surface area contributed by atoms with Gasteiger partial charge < -0.3 is 39.8 Å². The molecule has 0 spiro atoms. The number of ether oxygens (including phenoxy) is 4. The average Bonchev–Trinajstić information content (AvgIpc) is 3.67. The molecule has 9 nitrogen and oxygen atoms in total. The topological polar surface area (TPSA) is 84.7 Å². The Morgan fingerprint density at radius 3 is 1.79 bits per heavy atom. The number of likely N-dealkylation sites (N-methyl/N-ethyl adjacent to an activating group) is 1. The van der Waals surface area contributed by atoms with E-state index in [0.717, 1.165) is 109 Å². The predicted octanol–water partition coefficient (Wildman–Crippen LogP) is 5.45. The van der Waals surface area contributed by atoms with E-state index in [4.69, 9.17) is 24.7 Å². The third-order valence-corrected chi connectivity index (χ3v) is 12.6. The summed E-state index contributed by atoms with van der Waals surface area (Å²) in [6.07, 6.45) is 13.2. The van der Waals surface area contributed by atoms with E-state index in [0.29, 0.717) is 12.6 Å². The predicted molar refractivity (Wildman–Crippen MR) is 211 cm³/mol. The summed E-state index contributed by atoms with van der Waals surface area (Å²) in [5.74, 6) is 1.96. The molecule has 4 heterocycles. The van der Waals surface area contributed by atoms with Crippen LogP contribution < -0.4 is 20.5 Å². The van der Waals surface area contributed by atoms with E-state index in [1.165, 1.54) is 76.0 Å². The van der Waals surface area contributed by atoms with E-state index in [2.05, 4.69) is 82.6 Å². The van der Waals surface area contributed by atoms with Gasteiger partial charge in [-0.05, 0) is 133 Å². The maximum absolute atomic E-state index is 6.07. The van der Waals surface area contributed by atoms with Crippen LogP contribution in [0.25, 0.3) is 0 Å². The minimum atomic E-state index is 0.0868. The van der Waals surface area contributed by atoms with Crippen LogP contribution in [0.3, 0.4) is 0 Å². The first kappa shape index (κ1) is 39.5. The van der Waals surface area contributed by atoms with E-state index in [-0.39, 0.29) is 10.8 Å². The molecule has 5 aliphatic rings. The molecule has 52 heavy (non-hydrogen) atoms. The summed E-state index contributed by atoms with van der Waals surface area (Å²) in [4.78, 5) is 7.53. The van der Waals surface area contributed by atoms with Crippen molar-refractivity contribution in [2.45, 2.75) is 93.5 Å². The standard InChI is InChI=1S/C24H39N3O2.C19H30N2O2/c1-25(2)22-18-27(19-22)20-24(10-16-28-17-11-24)21-6-8-23(9-7-21)29-15-5-14-26-12-3-4-13-26;20-15-19(9-13-22-14-10-19)16-5-7-18(8-6-16)23-12-2-11-21-17-3-1-4-17/h6-9,22H,3-5,10-20H2,1-2H3;5-8,17,21H,1-4,9-15,20H2. The SMILES string of the molecule is CN(C)C1CN(CC2(c3ccc(OCCCN4CCCC4)cc3)CCOCC2)C1.NCC1(c2ccc(OCCCNC3CCC3)cc2)CCOCC1. The smallest absolute Gasteiger partial charge is 0.119 e. The molecular weight excluding hydrogens is 651 g/mol. The Balaban J connectivity index is 0.000000183. The first-order chi connectivity index (χ1) is 25.5. The van der Waals surface area contributed by atoms with E-state index >= 15 is 0 Å². The minimum absolute atomic E-state index is 0.0868. The number of nitrogens with one attached hydrogen (secondary N) is 1. The number of likely N-dealkylation sites (tertiary alicyclic amines) is 2. The van der Waals surface area contributed by atoms with Crippen molar-refractivity contribution in [2.24, 2.45) is 5.73 Å². The van der Waals surface area contributed by atoms with Crippen molar-refractivity contribution in [1.82, 2.24) is 20.0 Å². The van der Waals surface area contributed by atoms with Gasteiger partial charge in [0.2, 0.25) is 0 Å². The second-order valence-corrected chi connectivity index (χ2v) is 16.4. The average molecular weight is 720 g/mol. The number of nitrogens with zero attached hydrogens (tertiary/aromatic N) is 3. The van der Waals surface area contributed by atoms with Crippen LogP contribution in [-0.2, 0) is 20.3 Å². The Morgan fingerprint density at radius 2 is 1.27 bits per heavy atom. The summed E-state index contributed by atoms with van der Waals surface area (Å²) in [5.41, 5.74) is 9.16. The number of rotatable bonds is 17. The van der Waals surface area contributed by atoms with Gasteiger partial charge in [0.1, 0.15) is 11.5 Å². The number of nitrogens with two attached hydrogens (primary N) is 1. The number of benzene rings is 2. The fraction of sp³-hybridized carbons (Fsp3) is 0.721. The Morgan fingerprint density at radius 1 is 0.731 bits per heavy atom. The van der Waals surface area contributed by atoms with E-state index < -0.39 is 0 Å². The quantitative estimate of drug-likeness (QED) is 0.208. The van der Waals surface area contributed by atoms with Gasteiger partial charge in [0.15, 0.2) is 0 Å². The van der Waals surface area contributed by atoms with Gasteiger partial charge in [-0.25, -0.2) is 0 Å². The van der Waals surface area contributed by atoms with Crippen LogP contribution in [0.4, 0.5) is 0 Å². The lowest BCUT2D eigenvalue weighted by Gasteiger charge is -2.49. The highest BCUT2D eigenvalue weighted by molar-refractivity contribution is 5.34. The summed E-state index contributed by atoms with van der Waals surface area (Å²) in [5, 5.41) is 3.56. The Kier molecular flexibility index (Phi) is 15.1. The minimum Gasteiger partial charge on any atom is -0.494 e. The van der Waals surface area contributed by atoms with Crippen LogP contribution in [0.1, 0.15) is 81.8 Å². The highest BCUT2D eigenvalue weighted by atomic mass is 16.5. The Labute approximate surface area is 314 Å². The van der Waals surface area contributed by atoms with Crippen LogP contribution in [0, 0.1) is 0 Å². The first-order valence-electron chi connectivity index (χ1n) is 20.6. The zero-order valence-electron chi connectivity index (χ0n) is 32.5. The number of hydrogen-bond acceptors (Lipinski definition) is 9. The second-order valence-electron chi connectivity index (χ2n) is 16.4. The van der Waals surface area contributed by atoms with Crippen molar-refractivity contribution in [2.75, 3.05) is 106 Å². The van der Waals surface area contributed by atoms with Crippen LogP contribution in [-0.4, -0.2) is 133 Å². The summed E-state index contributed by atoms with van der Waals surface area (Å²) in [6, 6.07) is 19.0. The van der Waals surface area contributed by atoms with E-state index in [1.807, 2.05) is 0 Å². The van der Waals surface area contributed by atoms with E-state index in [9.17, 15) is 0 Å². The second kappa shape index (κ2) is 19.9. The molecule has 0 aromatic heterocycles. The van der Waals surface area contributed by atoms with Crippen molar-refractivity contribution in [3.05, 3.63) is 59.7 Å². The Hall–Kier alpha value is -2.24. The lowest BCUT2D eigenvalue weighted by atomic mass is 9.73. The number of hydrogen-bond donors (Lipinski definition) is 2. The summed E-state index contributed by atoms with van der Waals surface area (Å²) in [6.45, 7) is 13.9. The molecule has 3 N–H and O–H groups in total. The van der Waals surface area contributed by atoms with Crippen molar-refractivity contribution in [3.63, 3.8) is 0 Å². The monoisotopic (exact) mass is 720 g/mol. The van der Waals surface area contributed by atoms with Gasteiger partial charge in [-0.1, -0.05) is 30.7 Å². The van der Waals surface area contributed by atoms with E-state index in [1.54, 1.807) is 0 Å². The zero-order valence-corrected chi connectivity index (χ0v) is 32.5. The first-order valence-corrected chi connectivity index (χ1v) is 20.6. The molecule has 5 fully saturated rings. The van der Waals surface area contributed by atoms with Gasteiger partial charge in [-0.2, -0.15) is 0 Å². The molecule has 9 heteroatoms. The van der Waals surface area contributed by atoms with Crippen LogP contribution in [0.15, 0.2) is 48.5 Å². The maximum atomic E-state index is 6.07. The molecule has 0 bridgehead atoms. The molecule has 0 amide bonds. The summed E-state index contributed by atoms with van der Waals surface area (Å²) >= 11 is 0. The molecule has 7 rings (SSSR count). The normalized spacial score (nSPS) is 22.3. The van der Waals surface area contributed by atoms with Crippen LogP contribution >= 0.6 is 0 Å². The molecule has 0 atom stereocenters. The molecule has 0 radical (unpaired) electrons. The van der Waals surface area contributed by atoms with Crippen molar-refractivity contribution < 1.29 is 18.9 Å². The third kappa shape index (κ3) is 10.9. The Bertz CT molecular complexity index is 1280. The largest absolute Gasteiger partial charge is 0.494 e. The molecule has 290 valence electrons. The zero-order chi connectivity index (χ0) is 36.1. The highest BCUT2D eigenvalue weighted by Gasteiger charge is 2.40. The van der Waals surface area contributed by atoms with Gasteiger partial charge in [-0.3, -0.25) is 4.90 Å². The summed E-state index contributed by atoms with van der Waals surface area (Å²) < 4.78 is 23.1. The molecule has 1 aliphatic carbocycles. The van der Waals surface area contributed by atoms with Crippen molar-refractivity contribution >= 4 is 0 Å². The fourth-order valence-corrected chi connectivity index (χ4v) is 8.57. The molecule has 4 saturated heterocycles. The molecule has 2 aromatic rings. The lowest BCUT2D eigenvalue weighted by molar-refractivity contribution is -0.000768. The molecule has 1 saturated carbocycles. The van der Waals surface area contributed by atoms with Gasteiger partial charge in [0.05, 0.1) is 13.2 Å². The lowest BCUT2D eigenvalue weighted by Crippen LogP contribution is -2.60. The van der Waals surface area contributed by atoms with Gasteiger partial charge >= 0.3 is 0 Å². The molecule has 2 aromatic carbocycles. The van der Waals surface area contributed by atoms with Crippen LogP contribution in [0.2, 0.25) is 0 Å². The van der Waals surface area contributed by atoms with Gasteiger partial charge in [0, 0.05) is 82.1 Å². The van der Waals surface area contributed by atoms with Crippen LogP contribution in [0.5, 0.6) is 11.5 Å². The fourth-order valence-electron chi connectivity index (χ4n) is 8.57. The maximum Gasteiger partial charge on any atom is 0.119 e. The molecule has 0 unspecified atom stereocenters. The molecular formula is C43H69N5O4.